The predicted molar refractivity (Wildman–Crippen MR) is 127 cm³/mol. The third kappa shape index (κ3) is 5.12. The highest BCUT2D eigenvalue weighted by atomic mass is 19.1. The first-order chi connectivity index (χ1) is 17.7. The van der Waals surface area contributed by atoms with Crippen LogP contribution in [0.5, 0.6) is 5.75 Å². The van der Waals surface area contributed by atoms with Gasteiger partial charge in [-0.2, -0.15) is 0 Å². The normalized spacial score (nSPS) is 14.9. The molecular weight excluding hydrogens is 487 g/mol. The van der Waals surface area contributed by atoms with E-state index in [0.29, 0.717) is 10.8 Å². The highest BCUT2D eigenvalue weighted by Gasteiger charge is 2.45. The summed E-state index contributed by atoms with van der Waals surface area (Å²) < 4.78 is 18.9. The zero-order valence-electron chi connectivity index (χ0n) is 19.3. The Morgan fingerprint density at radius 1 is 1.05 bits per heavy atom. The zero-order chi connectivity index (χ0) is 26.7. The van der Waals surface area contributed by atoms with E-state index < -0.39 is 46.8 Å². The molecule has 4 amide bonds. The molecule has 1 fully saturated rings. The Morgan fingerprint density at radius 2 is 1.73 bits per heavy atom. The standard InChI is InChI=1S/C25H19FN4O7/c1-37-20-10-8-18(9-11-20)28-22(31)14-21(25(28)34)29(24(33)16-5-2-6-17(26)12-16)27-23(32)15-4-3-7-19(13-15)30(35)36/h2-13,21H,14H2,1H3,(H,27,32). The number of imide groups is 1. The summed E-state index contributed by atoms with van der Waals surface area (Å²) in [5, 5.41) is 11.8. The fraction of sp³-hybridized carbons (Fsp3) is 0.120. The van der Waals surface area contributed by atoms with Gasteiger partial charge in [0.1, 0.15) is 17.6 Å². The molecule has 1 N–H and O–H groups in total. The number of hydrogen-bond acceptors (Lipinski definition) is 7. The Labute approximate surface area is 209 Å². The first-order valence-corrected chi connectivity index (χ1v) is 10.8. The molecule has 0 spiro atoms. The summed E-state index contributed by atoms with van der Waals surface area (Å²) in [6, 6.07) is 13.9. The Hall–Kier alpha value is -5.13. The van der Waals surface area contributed by atoms with Crippen molar-refractivity contribution in [2.45, 2.75) is 12.5 Å². The van der Waals surface area contributed by atoms with Crippen LogP contribution in [0.2, 0.25) is 0 Å². The predicted octanol–water partition coefficient (Wildman–Crippen LogP) is 2.86. The SMILES string of the molecule is COc1ccc(N2C(=O)CC(N(NC(=O)c3cccc([N+](=O)[O-])c3)C(=O)c3cccc(F)c3)C2=O)cc1. The summed E-state index contributed by atoms with van der Waals surface area (Å²) in [7, 11) is 1.46. The molecule has 0 bridgehead atoms. The third-order valence-electron chi connectivity index (χ3n) is 5.60. The maximum absolute atomic E-state index is 13.8. The minimum absolute atomic E-state index is 0.171. The summed E-state index contributed by atoms with van der Waals surface area (Å²) in [4.78, 5) is 63.8. The molecule has 0 aromatic heterocycles. The van der Waals surface area contributed by atoms with Crippen molar-refractivity contribution in [2.24, 2.45) is 0 Å². The van der Waals surface area contributed by atoms with Crippen molar-refractivity contribution in [1.29, 1.82) is 0 Å². The molecule has 0 aliphatic carbocycles. The fourth-order valence-corrected chi connectivity index (χ4v) is 3.79. The van der Waals surface area contributed by atoms with Crippen LogP contribution in [-0.2, 0) is 9.59 Å². The maximum Gasteiger partial charge on any atom is 0.273 e. The molecular formula is C25H19FN4O7. The van der Waals surface area contributed by atoms with E-state index in [1.54, 1.807) is 12.1 Å². The van der Waals surface area contributed by atoms with E-state index in [2.05, 4.69) is 5.43 Å². The van der Waals surface area contributed by atoms with E-state index in [9.17, 15) is 33.7 Å². The smallest absolute Gasteiger partial charge is 0.273 e. The minimum atomic E-state index is -1.46. The lowest BCUT2D eigenvalue weighted by molar-refractivity contribution is -0.384. The summed E-state index contributed by atoms with van der Waals surface area (Å²) in [5.74, 6) is -3.59. The van der Waals surface area contributed by atoms with E-state index >= 15 is 0 Å². The largest absolute Gasteiger partial charge is 0.497 e. The van der Waals surface area contributed by atoms with Crippen LogP contribution in [0.3, 0.4) is 0 Å². The molecule has 37 heavy (non-hydrogen) atoms. The lowest BCUT2D eigenvalue weighted by Gasteiger charge is -2.28. The highest BCUT2D eigenvalue weighted by Crippen LogP contribution is 2.28. The molecule has 188 valence electrons. The van der Waals surface area contributed by atoms with Crippen LogP contribution in [0.15, 0.2) is 72.8 Å². The average Bonchev–Trinajstić information content (AvgIpc) is 3.20. The number of non-ortho nitro benzene ring substituents is 1. The van der Waals surface area contributed by atoms with Gasteiger partial charge in [0.25, 0.3) is 23.4 Å². The number of halogens is 1. The summed E-state index contributed by atoms with van der Waals surface area (Å²) >= 11 is 0. The Bertz CT molecular complexity index is 1410. The van der Waals surface area contributed by atoms with Crippen molar-refractivity contribution >= 4 is 35.0 Å². The maximum atomic E-state index is 13.8. The van der Waals surface area contributed by atoms with Crippen molar-refractivity contribution < 1.29 is 33.2 Å². The second kappa shape index (κ2) is 10.2. The number of rotatable bonds is 6. The number of carbonyl (C=O) groups excluding carboxylic acids is 4. The van der Waals surface area contributed by atoms with Crippen LogP contribution in [0.1, 0.15) is 27.1 Å². The molecule has 1 atom stereocenters. The number of carbonyl (C=O) groups is 4. The number of methoxy groups -OCH3 is 1. The van der Waals surface area contributed by atoms with Crippen LogP contribution in [0.4, 0.5) is 15.8 Å². The van der Waals surface area contributed by atoms with E-state index in [1.165, 1.54) is 49.6 Å². The number of anilines is 1. The number of hydrazine groups is 1. The zero-order valence-corrected chi connectivity index (χ0v) is 19.3. The molecule has 1 aliphatic rings. The molecule has 0 radical (unpaired) electrons. The van der Waals surface area contributed by atoms with Gasteiger partial charge < -0.3 is 4.74 Å². The number of nitrogens with zero attached hydrogens (tertiary/aromatic N) is 3. The van der Waals surface area contributed by atoms with Gasteiger partial charge in [0.15, 0.2) is 0 Å². The van der Waals surface area contributed by atoms with Gasteiger partial charge in [-0.15, -0.1) is 0 Å². The molecule has 3 aromatic rings. The molecule has 11 nitrogen and oxygen atoms in total. The Kier molecular flexibility index (Phi) is 6.91. The Balaban J connectivity index is 1.68. The van der Waals surface area contributed by atoms with Gasteiger partial charge in [0, 0.05) is 23.3 Å². The quantitative estimate of drug-likeness (QED) is 0.308. The second-order valence-corrected chi connectivity index (χ2v) is 7.92. The monoisotopic (exact) mass is 506 g/mol. The third-order valence-corrected chi connectivity index (χ3v) is 5.60. The summed E-state index contributed by atoms with van der Waals surface area (Å²) in [6.45, 7) is 0. The van der Waals surface area contributed by atoms with Gasteiger partial charge >= 0.3 is 0 Å². The highest BCUT2D eigenvalue weighted by molar-refractivity contribution is 6.23. The van der Waals surface area contributed by atoms with E-state index in [4.69, 9.17) is 4.74 Å². The van der Waals surface area contributed by atoms with Crippen molar-refractivity contribution in [3.05, 3.63) is 99.9 Å². The number of amides is 4. The second-order valence-electron chi connectivity index (χ2n) is 7.92. The molecule has 12 heteroatoms. The van der Waals surface area contributed by atoms with Crippen LogP contribution in [-0.4, -0.2) is 46.7 Å². The van der Waals surface area contributed by atoms with E-state index in [1.807, 2.05) is 0 Å². The molecule has 1 unspecified atom stereocenters. The van der Waals surface area contributed by atoms with E-state index in [-0.39, 0.29) is 22.5 Å². The number of hydrogen-bond donors (Lipinski definition) is 1. The number of nitro groups is 1. The first kappa shape index (κ1) is 25.0. The van der Waals surface area contributed by atoms with Gasteiger partial charge in [0.05, 0.1) is 24.1 Å². The first-order valence-electron chi connectivity index (χ1n) is 10.8. The summed E-state index contributed by atoms with van der Waals surface area (Å²) in [6.07, 6.45) is -0.471. The van der Waals surface area contributed by atoms with Crippen molar-refractivity contribution in [1.82, 2.24) is 10.4 Å². The minimum Gasteiger partial charge on any atom is -0.497 e. The molecule has 3 aromatic carbocycles. The number of ether oxygens (including phenoxy) is 1. The topological polar surface area (TPSA) is 139 Å². The van der Waals surface area contributed by atoms with Crippen LogP contribution >= 0.6 is 0 Å². The van der Waals surface area contributed by atoms with Gasteiger partial charge in [-0.25, -0.2) is 14.3 Å². The van der Waals surface area contributed by atoms with Crippen molar-refractivity contribution in [2.75, 3.05) is 12.0 Å². The van der Waals surface area contributed by atoms with E-state index in [0.717, 1.165) is 23.1 Å². The number of nitrogens with one attached hydrogen (secondary N) is 1. The average molecular weight is 506 g/mol. The van der Waals surface area contributed by atoms with Crippen LogP contribution in [0, 0.1) is 15.9 Å². The van der Waals surface area contributed by atoms with Gasteiger partial charge in [-0.1, -0.05) is 12.1 Å². The van der Waals surface area contributed by atoms with Crippen LogP contribution < -0.4 is 15.1 Å². The van der Waals surface area contributed by atoms with Gasteiger partial charge in [-0.3, -0.25) is 34.7 Å². The molecule has 1 aliphatic heterocycles. The van der Waals surface area contributed by atoms with Crippen molar-refractivity contribution in [3.8, 4) is 5.75 Å². The molecule has 1 heterocycles. The van der Waals surface area contributed by atoms with Gasteiger partial charge in [-0.05, 0) is 48.5 Å². The van der Waals surface area contributed by atoms with Gasteiger partial charge in [0.2, 0.25) is 5.91 Å². The fourth-order valence-electron chi connectivity index (χ4n) is 3.79. The Morgan fingerprint density at radius 3 is 2.38 bits per heavy atom. The molecule has 0 saturated carbocycles. The van der Waals surface area contributed by atoms with Crippen LogP contribution in [0.25, 0.3) is 0 Å². The number of benzene rings is 3. The molecule has 4 rings (SSSR count). The lowest BCUT2D eigenvalue weighted by atomic mass is 10.1. The number of nitro benzene ring substituents is 1. The van der Waals surface area contributed by atoms with Crippen molar-refractivity contribution in [3.63, 3.8) is 0 Å². The summed E-state index contributed by atoms with van der Waals surface area (Å²) in [5.41, 5.74) is 1.77. The molecule has 1 saturated heterocycles. The lowest BCUT2D eigenvalue weighted by Crippen LogP contribution is -2.54.